The van der Waals surface area contributed by atoms with Crippen LogP contribution < -0.4 is 0 Å². The van der Waals surface area contributed by atoms with E-state index in [1.807, 2.05) is 27.7 Å². The van der Waals surface area contributed by atoms with Gasteiger partial charge in [0.15, 0.2) is 0 Å². The minimum Gasteiger partial charge on any atom is -0.309 e. The van der Waals surface area contributed by atoms with Crippen molar-refractivity contribution < 1.29 is 0 Å². The molecule has 1 heteroatoms. The molecule has 1 nitrogen and oxygen atoms in total. The van der Waals surface area contributed by atoms with Crippen molar-refractivity contribution in [1.82, 2.24) is 4.90 Å². The number of allylic oxidation sites excluding steroid dienone is 2. The Bertz CT molecular complexity index is 159. The van der Waals surface area contributed by atoms with E-state index in [4.69, 9.17) is 0 Å². The molecule has 0 aromatic rings. The van der Waals surface area contributed by atoms with Crippen LogP contribution in [0.3, 0.4) is 0 Å². The summed E-state index contributed by atoms with van der Waals surface area (Å²) in [6.07, 6.45) is 7.69. The lowest BCUT2D eigenvalue weighted by molar-refractivity contribution is 0.312. The Balaban J connectivity index is -0.000000439. The normalized spacial score (nSPS) is 13.2. The molecule has 0 N–H and O–H groups in total. The molecule has 17 heavy (non-hydrogen) atoms. The van der Waals surface area contributed by atoms with Crippen LogP contribution in [0, 0.1) is 11.8 Å². The Kier molecular flexibility index (Phi) is 22.7. The van der Waals surface area contributed by atoms with E-state index >= 15 is 0 Å². The summed E-state index contributed by atoms with van der Waals surface area (Å²) in [7, 11) is 4.22. The van der Waals surface area contributed by atoms with Gasteiger partial charge in [-0.1, -0.05) is 52.8 Å². The van der Waals surface area contributed by atoms with Crippen LogP contribution in [0.1, 0.15) is 48.0 Å². The second-order valence-corrected chi connectivity index (χ2v) is 3.76. The molecule has 0 heterocycles. The minimum absolute atomic E-state index is 0.580. The highest BCUT2D eigenvalue weighted by Gasteiger charge is 2.14. The van der Waals surface area contributed by atoms with E-state index in [2.05, 4.69) is 57.6 Å². The van der Waals surface area contributed by atoms with Crippen molar-refractivity contribution in [2.24, 2.45) is 11.8 Å². The molecular weight excluding hydrogens is 206 g/mol. The molecular formula is C16H35N. The van der Waals surface area contributed by atoms with Crippen molar-refractivity contribution >= 4 is 0 Å². The highest BCUT2D eigenvalue weighted by molar-refractivity contribution is 4.96. The Morgan fingerprint density at radius 2 is 1.53 bits per heavy atom. The quantitative estimate of drug-likeness (QED) is 0.591. The van der Waals surface area contributed by atoms with Crippen LogP contribution in [0.15, 0.2) is 24.8 Å². The molecule has 0 aliphatic carbocycles. The van der Waals surface area contributed by atoms with Gasteiger partial charge in [-0.2, -0.15) is 0 Å². The Labute approximate surface area is 111 Å². The van der Waals surface area contributed by atoms with Crippen molar-refractivity contribution in [3.8, 4) is 0 Å². The van der Waals surface area contributed by atoms with E-state index in [1.54, 1.807) is 0 Å². The summed E-state index contributed by atoms with van der Waals surface area (Å²) in [4.78, 5) is 2.22. The van der Waals surface area contributed by atoms with E-state index in [0.29, 0.717) is 11.8 Å². The maximum atomic E-state index is 3.90. The van der Waals surface area contributed by atoms with E-state index in [1.165, 1.54) is 6.42 Å². The van der Waals surface area contributed by atoms with Gasteiger partial charge in [0.2, 0.25) is 0 Å². The van der Waals surface area contributed by atoms with Crippen molar-refractivity contribution in [3.05, 3.63) is 24.8 Å². The molecule has 0 aliphatic rings. The highest BCUT2D eigenvalue weighted by Crippen LogP contribution is 2.19. The third kappa shape index (κ3) is 13.4. The predicted octanol–water partition coefficient (Wildman–Crippen LogP) is 5.00. The van der Waals surface area contributed by atoms with Gasteiger partial charge in [0.25, 0.3) is 0 Å². The predicted molar refractivity (Wildman–Crippen MR) is 83.5 cm³/mol. The van der Waals surface area contributed by atoms with Gasteiger partial charge in [0.05, 0.1) is 0 Å². The maximum absolute atomic E-state index is 3.90. The van der Waals surface area contributed by atoms with E-state index in [-0.39, 0.29) is 0 Å². The molecule has 0 fully saturated rings. The second-order valence-electron chi connectivity index (χ2n) is 3.76. The lowest BCUT2D eigenvalue weighted by Crippen LogP contribution is -2.25. The minimum atomic E-state index is 0.580. The number of hydrogen-bond acceptors (Lipinski definition) is 1. The summed E-state index contributed by atoms with van der Waals surface area (Å²) in [5.74, 6) is 1.22. The van der Waals surface area contributed by atoms with Crippen LogP contribution >= 0.6 is 0 Å². The van der Waals surface area contributed by atoms with E-state index in [9.17, 15) is 0 Å². The Morgan fingerprint density at radius 3 is 1.76 bits per heavy atom. The van der Waals surface area contributed by atoms with E-state index < -0.39 is 0 Å². The summed E-state index contributed by atoms with van der Waals surface area (Å²) < 4.78 is 0. The summed E-state index contributed by atoms with van der Waals surface area (Å²) in [5.41, 5.74) is 0. The molecule has 104 valence electrons. The summed E-state index contributed by atoms with van der Waals surface area (Å²) in [6, 6.07) is 0. The third-order valence-corrected chi connectivity index (χ3v) is 2.34. The average molecular weight is 241 g/mol. The Hall–Kier alpha value is -0.560. The molecule has 0 aromatic heterocycles. The van der Waals surface area contributed by atoms with Crippen LogP contribution in [0.5, 0.6) is 0 Å². The summed E-state index contributed by atoms with van der Waals surface area (Å²) >= 11 is 0. The van der Waals surface area contributed by atoms with Gasteiger partial charge in [-0.25, -0.2) is 0 Å². The van der Waals surface area contributed by atoms with Gasteiger partial charge in [0, 0.05) is 6.54 Å². The number of nitrogens with zero attached hydrogens (tertiary/aromatic N) is 1. The van der Waals surface area contributed by atoms with Gasteiger partial charge in [-0.15, -0.1) is 6.58 Å². The highest BCUT2D eigenvalue weighted by atomic mass is 15.1. The monoisotopic (exact) mass is 241 g/mol. The number of hydrogen-bond donors (Lipinski definition) is 0. The molecule has 2 unspecified atom stereocenters. The van der Waals surface area contributed by atoms with Gasteiger partial charge in [-0.05, 0) is 39.3 Å². The smallest absolute Gasteiger partial charge is 0.00438 e. The Morgan fingerprint density at radius 1 is 1.06 bits per heavy atom. The van der Waals surface area contributed by atoms with Crippen LogP contribution in [0.2, 0.25) is 0 Å². The first kappa shape index (κ1) is 21.7. The van der Waals surface area contributed by atoms with Crippen molar-refractivity contribution in [3.63, 3.8) is 0 Å². The van der Waals surface area contributed by atoms with Gasteiger partial charge >= 0.3 is 0 Å². The zero-order valence-corrected chi connectivity index (χ0v) is 13.5. The van der Waals surface area contributed by atoms with Gasteiger partial charge in [0.1, 0.15) is 0 Å². The second kappa shape index (κ2) is 17.8. The van der Waals surface area contributed by atoms with Crippen LogP contribution in [-0.4, -0.2) is 25.5 Å². The lowest BCUT2D eigenvalue weighted by atomic mass is 9.89. The molecule has 0 rings (SSSR count). The van der Waals surface area contributed by atoms with E-state index in [0.717, 1.165) is 6.54 Å². The van der Waals surface area contributed by atoms with Gasteiger partial charge < -0.3 is 4.90 Å². The maximum Gasteiger partial charge on any atom is 0.00438 e. The van der Waals surface area contributed by atoms with Crippen LogP contribution in [0.4, 0.5) is 0 Å². The largest absolute Gasteiger partial charge is 0.309 e. The average Bonchev–Trinajstić information content (AvgIpc) is 2.38. The molecule has 0 saturated carbocycles. The first-order valence-electron chi connectivity index (χ1n) is 7.05. The zero-order chi connectivity index (χ0) is 14.3. The first-order valence-corrected chi connectivity index (χ1v) is 7.05. The zero-order valence-electron chi connectivity index (χ0n) is 13.5. The molecule has 0 spiro atoms. The van der Waals surface area contributed by atoms with Crippen molar-refractivity contribution in [1.29, 1.82) is 0 Å². The molecule has 0 radical (unpaired) electrons. The van der Waals surface area contributed by atoms with Crippen molar-refractivity contribution in [2.45, 2.75) is 48.0 Å². The first-order chi connectivity index (χ1) is 8.15. The third-order valence-electron chi connectivity index (χ3n) is 2.34. The fourth-order valence-electron chi connectivity index (χ4n) is 1.64. The van der Waals surface area contributed by atoms with Gasteiger partial charge in [-0.3, -0.25) is 0 Å². The standard InChI is InChI=1S/C12H23N.2C2H6/c1-6-9-11(7-2)12(8-3)10-13(4)5;2*1-2/h6,8-9,11-12H,3,7,10H2,1-2,4-5H3;2*1-2H3/b9-6-;;. The number of rotatable bonds is 6. The summed E-state index contributed by atoms with van der Waals surface area (Å²) in [6.45, 7) is 17.3. The van der Waals surface area contributed by atoms with Crippen molar-refractivity contribution in [2.75, 3.05) is 20.6 Å². The molecule has 2 atom stereocenters. The molecule has 0 amide bonds. The fourth-order valence-corrected chi connectivity index (χ4v) is 1.64. The molecule has 0 aliphatic heterocycles. The molecule has 0 bridgehead atoms. The lowest BCUT2D eigenvalue weighted by Gasteiger charge is -2.23. The molecule has 0 aromatic carbocycles. The van der Waals surface area contributed by atoms with Crippen LogP contribution in [-0.2, 0) is 0 Å². The topological polar surface area (TPSA) is 3.24 Å². The SMILES string of the molecule is C=CC(CN(C)C)C(/C=C\C)CC.CC.CC. The van der Waals surface area contributed by atoms with Crippen LogP contribution in [0.25, 0.3) is 0 Å². The molecule has 0 saturated heterocycles. The summed E-state index contributed by atoms with van der Waals surface area (Å²) in [5, 5.41) is 0. The fraction of sp³-hybridized carbons (Fsp3) is 0.750.